The number of carbonyl (C=O) groups is 1. The number of alkyl carbamates (subject to hydrolysis) is 1. The number of rotatable bonds is 8. The van der Waals surface area contributed by atoms with Crippen LogP contribution in [-0.2, 0) is 9.47 Å². The van der Waals surface area contributed by atoms with Crippen molar-refractivity contribution in [2.24, 2.45) is 0 Å². The van der Waals surface area contributed by atoms with Crippen molar-refractivity contribution >= 4 is 11.8 Å². The minimum atomic E-state index is -0.492. The second-order valence-electron chi connectivity index (χ2n) is 6.30. The lowest BCUT2D eigenvalue weighted by Crippen LogP contribution is -2.34. The summed E-state index contributed by atoms with van der Waals surface area (Å²) in [6, 6.07) is 7.90. The Hall–Kier alpha value is -1.95. The van der Waals surface area contributed by atoms with E-state index in [1.807, 2.05) is 45.0 Å². The van der Waals surface area contributed by atoms with E-state index in [0.717, 1.165) is 11.4 Å². The average molecular weight is 324 g/mol. The van der Waals surface area contributed by atoms with E-state index in [-0.39, 0.29) is 6.04 Å². The Morgan fingerprint density at radius 1 is 1.22 bits per heavy atom. The molecule has 1 aromatic carbocycles. The second kappa shape index (κ2) is 9.25. The largest absolute Gasteiger partial charge is 0.492 e. The molecular formula is C17H28N2O4. The molecule has 6 heteroatoms. The van der Waals surface area contributed by atoms with Crippen LogP contribution in [0.4, 0.5) is 10.5 Å². The Labute approximate surface area is 138 Å². The first-order valence-electron chi connectivity index (χ1n) is 7.75. The molecule has 0 saturated heterocycles. The van der Waals surface area contributed by atoms with E-state index in [1.165, 1.54) is 0 Å². The molecule has 0 heterocycles. The summed E-state index contributed by atoms with van der Waals surface area (Å²) in [6.45, 7) is 8.95. The molecule has 130 valence electrons. The molecule has 1 amide bonds. The third kappa shape index (κ3) is 8.93. The first-order chi connectivity index (χ1) is 10.8. The van der Waals surface area contributed by atoms with Crippen LogP contribution in [0.5, 0.6) is 5.75 Å². The van der Waals surface area contributed by atoms with E-state index in [2.05, 4.69) is 17.6 Å². The number of amides is 1. The third-order valence-corrected chi connectivity index (χ3v) is 2.72. The Bertz CT molecular complexity index is 468. The predicted octanol–water partition coefficient (Wildman–Crippen LogP) is 3.04. The van der Waals surface area contributed by atoms with Crippen molar-refractivity contribution in [2.45, 2.75) is 39.3 Å². The first-order valence-corrected chi connectivity index (χ1v) is 7.75. The molecule has 0 aliphatic carbocycles. The quantitative estimate of drug-likeness (QED) is 0.719. The summed E-state index contributed by atoms with van der Waals surface area (Å²) in [5, 5.41) is 5.97. The number of anilines is 1. The lowest BCUT2D eigenvalue weighted by molar-refractivity contribution is 0.0520. The van der Waals surface area contributed by atoms with Crippen LogP contribution in [0.25, 0.3) is 0 Å². The van der Waals surface area contributed by atoms with Crippen molar-refractivity contribution in [3.63, 3.8) is 0 Å². The Morgan fingerprint density at radius 2 is 1.87 bits per heavy atom. The van der Waals surface area contributed by atoms with Crippen molar-refractivity contribution in [2.75, 3.05) is 32.2 Å². The zero-order valence-electron chi connectivity index (χ0n) is 14.6. The van der Waals surface area contributed by atoms with Gasteiger partial charge in [0, 0.05) is 18.8 Å². The van der Waals surface area contributed by atoms with Gasteiger partial charge < -0.3 is 24.8 Å². The highest BCUT2D eigenvalue weighted by Crippen LogP contribution is 2.16. The molecule has 1 unspecified atom stereocenters. The summed E-state index contributed by atoms with van der Waals surface area (Å²) in [5.74, 6) is 0.751. The average Bonchev–Trinajstić information content (AvgIpc) is 2.43. The van der Waals surface area contributed by atoms with Gasteiger partial charge in [0.15, 0.2) is 0 Å². The van der Waals surface area contributed by atoms with Crippen LogP contribution in [0.3, 0.4) is 0 Å². The maximum Gasteiger partial charge on any atom is 0.407 e. The molecule has 0 aliphatic rings. The van der Waals surface area contributed by atoms with Gasteiger partial charge in [-0.2, -0.15) is 0 Å². The molecule has 1 aromatic rings. The minimum absolute atomic E-state index is 0.241. The fourth-order valence-electron chi connectivity index (χ4n) is 1.86. The Morgan fingerprint density at radius 3 is 2.43 bits per heavy atom. The molecule has 0 fully saturated rings. The van der Waals surface area contributed by atoms with Crippen LogP contribution in [-0.4, -0.2) is 44.6 Å². The van der Waals surface area contributed by atoms with Gasteiger partial charge in [-0.1, -0.05) is 0 Å². The molecule has 0 bridgehead atoms. The number of methoxy groups -OCH3 is 1. The van der Waals surface area contributed by atoms with E-state index in [0.29, 0.717) is 19.8 Å². The van der Waals surface area contributed by atoms with E-state index in [4.69, 9.17) is 14.2 Å². The van der Waals surface area contributed by atoms with Crippen LogP contribution in [0.15, 0.2) is 24.3 Å². The number of ether oxygens (including phenoxy) is 3. The molecule has 23 heavy (non-hydrogen) atoms. The van der Waals surface area contributed by atoms with Gasteiger partial charge in [0.25, 0.3) is 0 Å². The van der Waals surface area contributed by atoms with E-state index in [9.17, 15) is 4.79 Å². The zero-order valence-corrected chi connectivity index (χ0v) is 14.6. The number of hydrogen-bond donors (Lipinski definition) is 2. The van der Waals surface area contributed by atoms with Crippen molar-refractivity contribution in [3.05, 3.63) is 24.3 Å². The third-order valence-electron chi connectivity index (χ3n) is 2.72. The summed E-state index contributed by atoms with van der Waals surface area (Å²) in [6.07, 6.45) is -0.437. The van der Waals surface area contributed by atoms with E-state index in [1.54, 1.807) is 7.11 Å². The molecule has 0 spiro atoms. The number of carbonyl (C=O) groups excluding carboxylic acids is 1. The van der Waals surface area contributed by atoms with Crippen LogP contribution in [0, 0.1) is 0 Å². The van der Waals surface area contributed by atoms with Gasteiger partial charge >= 0.3 is 6.09 Å². The van der Waals surface area contributed by atoms with E-state index < -0.39 is 11.7 Å². The molecule has 1 rings (SSSR count). The van der Waals surface area contributed by atoms with Gasteiger partial charge in [-0.3, -0.25) is 0 Å². The molecule has 6 nitrogen and oxygen atoms in total. The summed E-state index contributed by atoms with van der Waals surface area (Å²) in [7, 11) is 1.68. The summed E-state index contributed by atoms with van der Waals surface area (Å²) in [5.41, 5.74) is 0.516. The fourth-order valence-corrected chi connectivity index (χ4v) is 1.86. The number of nitrogens with one attached hydrogen (secondary N) is 2. The van der Waals surface area contributed by atoms with Crippen LogP contribution >= 0.6 is 0 Å². The lowest BCUT2D eigenvalue weighted by Gasteiger charge is -2.19. The highest BCUT2D eigenvalue weighted by atomic mass is 16.6. The lowest BCUT2D eigenvalue weighted by atomic mass is 10.2. The zero-order chi connectivity index (χ0) is 17.3. The van der Waals surface area contributed by atoms with Crippen LogP contribution in [0.1, 0.15) is 27.7 Å². The van der Waals surface area contributed by atoms with Crippen LogP contribution in [0.2, 0.25) is 0 Å². The summed E-state index contributed by atoms with van der Waals surface area (Å²) < 4.78 is 15.8. The molecule has 1 atom stereocenters. The van der Waals surface area contributed by atoms with Gasteiger partial charge in [0.2, 0.25) is 0 Å². The van der Waals surface area contributed by atoms with Crippen molar-refractivity contribution < 1.29 is 19.0 Å². The highest BCUT2D eigenvalue weighted by Gasteiger charge is 2.15. The standard InChI is InChI=1S/C17H28N2O4/c1-13(12-21-5)19-14-6-8-15(9-7-14)22-11-10-18-16(20)23-17(2,3)4/h6-9,13,19H,10-12H2,1-5H3,(H,18,20). The highest BCUT2D eigenvalue weighted by molar-refractivity contribution is 5.67. The minimum Gasteiger partial charge on any atom is -0.492 e. The smallest absolute Gasteiger partial charge is 0.407 e. The normalized spacial score (nSPS) is 12.4. The van der Waals surface area contributed by atoms with Gasteiger partial charge in [-0.05, 0) is 52.0 Å². The fraction of sp³-hybridized carbons (Fsp3) is 0.588. The molecular weight excluding hydrogens is 296 g/mol. The monoisotopic (exact) mass is 324 g/mol. The van der Waals surface area contributed by atoms with Crippen molar-refractivity contribution in [1.82, 2.24) is 5.32 Å². The maximum atomic E-state index is 11.5. The Balaban J connectivity index is 2.27. The van der Waals surface area contributed by atoms with E-state index >= 15 is 0 Å². The van der Waals surface area contributed by atoms with Crippen molar-refractivity contribution in [1.29, 1.82) is 0 Å². The molecule has 0 radical (unpaired) electrons. The summed E-state index contributed by atoms with van der Waals surface area (Å²) in [4.78, 5) is 11.5. The van der Waals surface area contributed by atoms with Gasteiger partial charge in [-0.25, -0.2) is 4.79 Å². The second-order valence-corrected chi connectivity index (χ2v) is 6.30. The molecule has 0 aromatic heterocycles. The number of benzene rings is 1. The van der Waals surface area contributed by atoms with Gasteiger partial charge in [0.05, 0.1) is 13.2 Å². The van der Waals surface area contributed by atoms with Crippen molar-refractivity contribution in [3.8, 4) is 5.75 Å². The number of hydrogen-bond acceptors (Lipinski definition) is 5. The van der Waals surface area contributed by atoms with Crippen LogP contribution < -0.4 is 15.4 Å². The summed E-state index contributed by atoms with van der Waals surface area (Å²) >= 11 is 0. The van der Waals surface area contributed by atoms with Gasteiger partial charge in [-0.15, -0.1) is 0 Å². The topological polar surface area (TPSA) is 68.8 Å². The first kappa shape index (κ1) is 19.1. The predicted molar refractivity (Wildman–Crippen MR) is 91.1 cm³/mol. The molecule has 0 saturated carbocycles. The maximum absolute atomic E-state index is 11.5. The molecule has 0 aliphatic heterocycles. The Kier molecular flexibility index (Phi) is 7.68. The van der Waals surface area contributed by atoms with Gasteiger partial charge in [0.1, 0.15) is 18.0 Å². The molecule has 2 N–H and O–H groups in total. The SMILES string of the molecule is COCC(C)Nc1ccc(OCCNC(=O)OC(C)(C)C)cc1.